The van der Waals surface area contributed by atoms with Crippen LogP contribution in [0.2, 0.25) is 0 Å². The molecule has 2 fully saturated rings. The highest BCUT2D eigenvalue weighted by molar-refractivity contribution is 6.46. The molecule has 8 aromatic rings. The van der Waals surface area contributed by atoms with Crippen LogP contribution in [0.5, 0.6) is 23.0 Å². The summed E-state index contributed by atoms with van der Waals surface area (Å²) in [7, 11) is 6.52. The summed E-state index contributed by atoms with van der Waals surface area (Å²) < 4.78 is 44.4. The second-order valence-corrected chi connectivity index (χ2v) is 19.1. The first-order valence-corrected chi connectivity index (χ1v) is 27.4. The Hall–Kier alpha value is -8.89. The molecule has 2 heterocycles. The number of ether oxygens (including phenoxy) is 8. The van der Waals surface area contributed by atoms with Gasteiger partial charge in [-0.25, -0.2) is 0 Å². The Kier molecular flexibility index (Phi) is 24.8. The second-order valence-electron chi connectivity index (χ2n) is 18.8. The van der Waals surface area contributed by atoms with Crippen LogP contribution in [0.3, 0.4) is 0 Å². The lowest BCUT2D eigenvalue weighted by molar-refractivity contribution is -0.188. The number of carbonyl (C=O) groups is 2. The molecule has 424 valence electrons. The van der Waals surface area contributed by atoms with Crippen molar-refractivity contribution in [2.75, 3.05) is 28.4 Å². The molecule has 10 rings (SSSR count). The van der Waals surface area contributed by atoms with E-state index in [1.165, 1.54) is 5.56 Å². The van der Waals surface area contributed by atoms with Crippen molar-refractivity contribution in [2.24, 2.45) is 0 Å². The third-order valence-corrected chi connectivity index (χ3v) is 13.4. The predicted molar refractivity (Wildman–Crippen MR) is 328 cm³/mol. The Morgan fingerprint density at radius 1 is 0.458 bits per heavy atom. The normalized spacial score (nSPS) is 18.8. The fourth-order valence-corrected chi connectivity index (χ4v) is 8.23. The van der Waals surface area contributed by atoms with Gasteiger partial charge in [0, 0.05) is 45.7 Å². The predicted octanol–water partition coefficient (Wildman–Crippen LogP) is 14.2. The van der Waals surface area contributed by atoms with E-state index in [4.69, 9.17) is 55.9 Å². The molecule has 10 nitrogen and oxygen atoms in total. The molecule has 0 spiro atoms. The number of hydrogen-bond acceptors (Lipinski definition) is 10. The smallest absolute Gasteiger partial charge is 0.267 e. The number of carbonyl (C=O) groups excluding carboxylic acids is 2. The maximum absolute atomic E-state index is 13.1. The molecule has 83 heavy (non-hydrogen) atoms. The van der Waals surface area contributed by atoms with Crippen LogP contribution < -0.4 is 18.9 Å². The SMILES string of the molecule is C#Cc1ccccc1.COc1ccc(C2(C#Cc3ccccc3)OC(C)C(C)O2)cc1.COc1ccc(C2(C(=O)C(=O)c3ccccc3)OC(C)C(C)O2)cc1.COc1ccc(CC#Cc2ccccc2)cc1.COc1ccc(CCl)cc1. The number of alkyl halides is 1. The van der Waals surface area contributed by atoms with Gasteiger partial charge < -0.3 is 37.9 Å². The van der Waals surface area contributed by atoms with Gasteiger partial charge in [-0.15, -0.1) is 18.0 Å². The van der Waals surface area contributed by atoms with E-state index in [1.54, 1.807) is 83.0 Å². The van der Waals surface area contributed by atoms with Gasteiger partial charge in [-0.3, -0.25) is 9.59 Å². The summed E-state index contributed by atoms with van der Waals surface area (Å²) >= 11 is 5.58. The maximum atomic E-state index is 13.1. The lowest BCUT2D eigenvalue weighted by Gasteiger charge is -2.26. The van der Waals surface area contributed by atoms with Crippen LogP contribution >= 0.6 is 11.6 Å². The largest absolute Gasteiger partial charge is 0.497 e. The molecule has 2 aliphatic rings. The quantitative estimate of drug-likeness (QED) is 0.0538. The van der Waals surface area contributed by atoms with Gasteiger partial charge in [0.1, 0.15) is 23.0 Å². The Morgan fingerprint density at radius 2 is 0.819 bits per heavy atom. The van der Waals surface area contributed by atoms with Crippen LogP contribution in [0.25, 0.3) is 0 Å². The number of benzene rings is 8. The van der Waals surface area contributed by atoms with E-state index in [1.807, 2.05) is 191 Å². The minimum absolute atomic E-state index is 0.0258. The van der Waals surface area contributed by atoms with E-state index in [2.05, 4.69) is 29.6 Å². The molecule has 0 N–H and O–H groups in total. The number of hydrogen-bond donors (Lipinski definition) is 0. The standard InChI is InChI=1S/C20H20O5.C20H20O3.C16H14O.C8H9ClO.C8H6/c1-13-14(2)25-20(24-13,16-9-11-17(23-3)12-10-16)19(22)18(21)15-7-5-4-6-8-15;1-15-16(2)23-20(22-15,14-13-17-7-5-4-6-8-17)18-9-11-19(21-3)12-10-18;1-17-16-12-10-15(11-13-16)9-5-8-14-6-3-2-4-7-14;1-10-8-4-2-7(6-9)3-5-8;1-2-8-6-4-3-5-7-8/h4-14H,1-3H3;4-12,15-16H,1-3H3;2-4,6-7,10-13H,9H2,1H3;2-5H,6H2,1H3;1,3-7H. The lowest BCUT2D eigenvalue weighted by Crippen LogP contribution is -2.42. The average molecular weight is 1130 g/mol. The van der Waals surface area contributed by atoms with Crippen molar-refractivity contribution in [3.8, 4) is 59.0 Å². The maximum Gasteiger partial charge on any atom is 0.267 e. The van der Waals surface area contributed by atoms with Gasteiger partial charge in [0.25, 0.3) is 17.4 Å². The van der Waals surface area contributed by atoms with Gasteiger partial charge >= 0.3 is 0 Å². The molecule has 4 atom stereocenters. The second kappa shape index (κ2) is 32.5. The van der Waals surface area contributed by atoms with Crippen molar-refractivity contribution in [3.05, 3.63) is 263 Å². The molecule has 0 radical (unpaired) electrons. The van der Waals surface area contributed by atoms with E-state index in [-0.39, 0.29) is 24.4 Å². The van der Waals surface area contributed by atoms with Crippen LogP contribution in [-0.2, 0) is 47.6 Å². The summed E-state index contributed by atoms with van der Waals surface area (Å²) in [4.78, 5) is 25.8. The summed E-state index contributed by atoms with van der Waals surface area (Å²) in [5.74, 6) is 14.8. The summed E-state index contributed by atoms with van der Waals surface area (Å²) in [5, 5.41) is 0. The van der Waals surface area contributed by atoms with Crippen molar-refractivity contribution < 1.29 is 47.5 Å². The van der Waals surface area contributed by atoms with Crippen LogP contribution in [0.15, 0.2) is 218 Å². The molecular weight excluding hydrogens is 1060 g/mol. The molecular formula is C72H69ClO10. The van der Waals surface area contributed by atoms with Crippen LogP contribution in [0.4, 0.5) is 0 Å². The number of halogens is 1. The van der Waals surface area contributed by atoms with E-state index < -0.39 is 23.1 Å². The third-order valence-electron chi connectivity index (χ3n) is 13.1. The van der Waals surface area contributed by atoms with Gasteiger partial charge in [0.15, 0.2) is 0 Å². The van der Waals surface area contributed by atoms with E-state index in [0.717, 1.165) is 51.5 Å². The van der Waals surface area contributed by atoms with E-state index >= 15 is 0 Å². The minimum atomic E-state index is -1.74. The molecule has 0 aromatic heterocycles. The third kappa shape index (κ3) is 18.6. The Labute approximate surface area is 494 Å². The average Bonchev–Trinajstić information content (AvgIpc) is 3.56. The van der Waals surface area contributed by atoms with Crippen LogP contribution in [0.1, 0.15) is 77.0 Å². The first-order chi connectivity index (χ1) is 40.3. The highest BCUT2D eigenvalue weighted by Crippen LogP contribution is 2.40. The number of Topliss-reactive ketones (excluding diaryl/α,β-unsaturated/α-hetero) is 2. The van der Waals surface area contributed by atoms with Gasteiger partial charge in [-0.05, 0) is 154 Å². The Balaban J connectivity index is 0.000000176. The van der Waals surface area contributed by atoms with Crippen LogP contribution in [0, 0.1) is 36.0 Å². The topological polar surface area (TPSA) is 108 Å². The highest BCUT2D eigenvalue weighted by Gasteiger charge is 2.54. The van der Waals surface area contributed by atoms with E-state index in [9.17, 15) is 9.59 Å². The zero-order chi connectivity index (χ0) is 59.5. The molecule has 4 unspecified atom stereocenters. The fourth-order valence-electron chi connectivity index (χ4n) is 8.06. The number of terminal acetylenes is 1. The summed E-state index contributed by atoms with van der Waals surface area (Å²) in [6.07, 6.45) is 5.16. The van der Waals surface area contributed by atoms with Crippen LogP contribution in [-0.4, -0.2) is 64.4 Å². The highest BCUT2D eigenvalue weighted by atomic mass is 35.5. The zero-order valence-electron chi connectivity index (χ0n) is 48.0. The molecule has 2 aliphatic heterocycles. The Bertz CT molecular complexity index is 3360. The monoisotopic (exact) mass is 1130 g/mol. The molecule has 0 saturated carbocycles. The first kappa shape index (κ1) is 63.3. The summed E-state index contributed by atoms with van der Waals surface area (Å²) in [6.45, 7) is 7.63. The minimum Gasteiger partial charge on any atom is -0.497 e. The molecule has 0 aliphatic carbocycles. The number of methoxy groups -OCH3 is 4. The molecule has 0 amide bonds. The molecule has 8 aromatic carbocycles. The van der Waals surface area contributed by atoms with Crippen molar-refractivity contribution in [1.29, 1.82) is 0 Å². The van der Waals surface area contributed by atoms with Crippen molar-refractivity contribution >= 4 is 23.2 Å². The number of rotatable bonds is 11. The summed E-state index contributed by atoms with van der Waals surface area (Å²) in [5.41, 5.74) is 6.89. The molecule has 2 saturated heterocycles. The molecule has 0 bridgehead atoms. The Morgan fingerprint density at radius 3 is 1.22 bits per heavy atom. The summed E-state index contributed by atoms with van der Waals surface area (Å²) in [6, 6.07) is 68.0. The first-order valence-electron chi connectivity index (χ1n) is 26.9. The van der Waals surface area contributed by atoms with Gasteiger partial charge in [-0.1, -0.05) is 133 Å². The zero-order valence-corrected chi connectivity index (χ0v) is 48.8. The lowest BCUT2D eigenvalue weighted by atomic mass is 9.95. The van der Waals surface area contributed by atoms with E-state index in [0.29, 0.717) is 22.8 Å². The van der Waals surface area contributed by atoms with Gasteiger partial charge in [-0.2, -0.15) is 0 Å². The van der Waals surface area contributed by atoms with Crippen molar-refractivity contribution in [2.45, 2.75) is 76.0 Å². The number of ketones is 2. The molecule has 11 heteroatoms. The van der Waals surface area contributed by atoms with Gasteiger partial charge in [0.2, 0.25) is 5.78 Å². The van der Waals surface area contributed by atoms with Crippen molar-refractivity contribution in [3.63, 3.8) is 0 Å². The fraction of sp³-hybridized carbons (Fsp3) is 0.222. The van der Waals surface area contributed by atoms with Crippen molar-refractivity contribution in [1.82, 2.24) is 0 Å². The van der Waals surface area contributed by atoms with Gasteiger partial charge in [0.05, 0.1) is 52.9 Å².